The average molecular weight is 279 g/mol. The van der Waals surface area contributed by atoms with Gasteiger partial charge in [-0.1, -0.05) is 16.8 Å². The minimum atomic E-state index is -0.665. The zero-order valence-corrected chi connectivity index (χ0v) is 10.5. The Labute approximate surface area is 111 Å². The SMILES string of the molecule is Cc1cc(C(=O)Oc2noc3cc(Cl)ccc23)no1. The predicted octanol–water partition coefficient (Wildman–Crippen LogP) is 3.00. The number of fused-ring (bicyclic) bond motifs is 1. The Morgan fingerprint density at radius 3 is 2.84 bits per heavy atom. The van der Waals surface area contributed by atoms with Crippen molar-refractivity contribution in [3.05, 3.63) is 40.7 Å². The molecule has 0 aliphatic heterocycles. The second kappa shape index (κ2) is 4.40. The molecule has 1 aromatic carbocycles. The minimum absolute atomic E-state index is 0.0670. The molecular weight excluding hydrogens is 272 g/mol. The van der Waals surface area contributed by atoms with Gasteiger partial charge in [0.1, 0.15) is 5.76 Å². The molecule has 0 aliphatic carbocycles. The topological polar surface area (TPSA) is 78.4 Å². The first-order valence-electron chi connectivity index (χ1n) is 5.34. The third-order valence-electron chi connectivity index (χ3n) is 2.43. The summed E-state index contributed by atoms with van der Waals surface area (Å²) in [5.74, 6) is -0.0805. The van der Waals surface area contributed by atoms with Crippen LogP contribution in [-0.4, -0.2) is 16.3 Å². The van der Waals surface area contributed by atoms with Gasteiger partial charge in [-0.2, -0.15) is 0 Å². The maximum absolute atomic E-state index is 11.8. The molecule has 96 valence electrons. The van der Waals surface area contributed by atoms with E-state index in [-0.39, 0.29) is 11.6 Å². The number of nitrogens with zero attached hydrogens (tertiary/aromatic N) is 2. The van der Waals surface area contributed by atoms with Crippen molar-refractivity contribution in [2.75, 3.05) is 0 Å². The van der Waals surface area contributed by atoms with Gasteiger partial charge in [-0.15, -0.1) is 0 Å². The highest BCUT2D eigenvalue weighted by Crippen LogP contribution is 2.27. The van der Waals surface area contributed by atoms with Crippen molar-refractivity contribution in [3.63, 3.8) is 0 Å². The number of halogens is 1. The monoisotopic (exact) mass is 278 g/mol. The second-order valence-electron chi connectivity index (χ2n) is 3.84. The molecule has 19 heavy (non-hydrogen) atoms. The van der Waals surface area contributed by atoms with Crippen LogP contribution in [-0.2, 0) is 0 Å². The van der Waals surface area contributed by atoms with Crippen molar-refractivity contribution in [1.82, 2.24) is 10.3 Å². The Balaban J connectivity index is 1.91. The number of carbonyl (C=O) groups excluding carboxylic acids is 1. The van der Waals surface area contributed by atoms with Crippen LogP contribution in [0.4, 0.5) is 0 Å². The number of rotatable bonds is 2. The van der Waals surface area contributed by atoms with E-state index in [9.17, 15) is 4.79 Å². The van der Waals surface area contributed by atoms with Gasteiger partial charge in [-0.25, -0.2) is 4.79 Å². The van der Waals surface area contributed by atoms with E-state index in [4.69, 9.17) is 25.4 Å². The van der Waals surface area contributed by atoms with Gasteiger partial charge < -0.3 is 13.8 Å². The lowest BCUT2D eigenvalue weighted by Gasteiger charge is -1.96. The highest BCUT2D eigenvalue weighted by molar-refractivity contribution is 6.31. The highest BCUT2D eigenvalue weighted by Gasteiger charge is 2.18. The van der Waals surface area contributed by atoms with Crippen molar-refractivity contribution in [2.24, 2.45) is 0 Å². The van der Waals surface area contributed by atoms with Crippen molar-refractivity contribution in [3.8, 4) is 5.88 Å². The van der Waals surface area contributed by atoms with E-state index in [2.05, 4.69) is 10.3 Å². The summed E-state index contributed by atoms with van der Waals surface area (Å²) in [5.41, 5.74) is 0.509. The van der Waals surface area contributed by atoms with Crippen molar-refractivity contribution in [1.29, 1.82) is 0 Å². The standard InChI is InChI=1S/C12H7ClN2O4/c1-6-4-9(14-18-6)12(16)17-11-8-3-2-7(13)5-10(8)19-15-11/h2-5H,1H3. The van der Waals surface area contributed by atoms with Crippen LogP contribution < -0.4 is 4.74 Å². The normalized spacial score (nSPS) is 10.8. The molecule has 3 aromatic rings. The maximum atomic E-state index is 11.8. The molecule has 0 radical (unpaired) electrons. The van der Waals surface area contributed by atoms with E-state index in [0.717, 1.165) is 0 Å². The van der Waals surface area contributed by atoms with Crippen LogP contribution >= 0.6 is 11.6 Å². The van der Waals surface area contributed by atoms with Crippen LogP contribution in [0, 0.1) is 6.92 Å². The predicted molar refractivity (Wildman–Crippen MR) is 65.2 cm³/mol. The van der Waals surface area contributed by atoms with E-state index in [0.29, 0.717) is 21.8 Å². The molecule has 3 rings (SSSR count). The van der Waals surface area contributed by atoms with E-state index >= 15 is 0 Å². The van der Waals surface area contributed by atoms with Gasteiger partial charge in [-0.05, 0) is 24.2 Å². The van der Waals surface area contributed by atoms with E-state index in [1.54, 1.807) is 25.1 Å². The first-order chi connectivity index (χ1) is 9.13. The lowest BCUT2D eigenvalue weighted by atomic mass is 10.2. The maximum Gasteiger partial charge on any atom is 0.367 e. The summed E-state index contributed by atoms with van der Waals surface area (Å²) >= 11 is 5.81. The lowest BCUT2D eigenvalue weighted by Crippen LogP contribution is -2.09. The molecule has 2 heterocycles. The molecule has 0 saturated heterocycles. The lowest BCUT2D eigenvalue weighted by molar-refractivity contribution is 0.0712. The summed E-state index contributed by atoms with van der Waals surface area (Å²) in [4.78, 5) is 11.8. The Kier molecular flexibility index (Phi) is 2.72. The Hall–Kier alpha value is -2.34. The van der Waals surface area contributed by atoms with Crippen LogP contribution in [0.25, 0.3) is 11.0 Å². The third-order valence-corrected chi connectivity index (χ3v) is 2.66. The van der Waals surface area contributed by atoms with Crippen molar-refractivity contribution >= 4 is 28.5 Å². The zero-order chi connectivity index (χ0) is 13.4. The Morgan fingerprint density at radius 2 is 2.11 bits per heavy atom. The smallest absolute Gasteiger partial charge is 0.367 e. The molecule has 0 amide bonds. The molecule has 0 unspecified atom stereocenters. The fourth-order valence-electron chi connectivity index (χ4n) is 1.56. The number of benzene rings is 1. The van der Waals surface area contributed by atoms with Gasteiger partial charge in [0.15, 0.2) is 11.3 Å². The van der Waals surface area contributed by atoms with Gasteiger partial charge >= 0.3 is 5.97 Å². The first kappa shape index (κ1) is 11.7. The largest absolute Gasteiger partial charge is 0.399 e. The van der Waals surface area contributed by atoms with Crippen molar-refractivity contribution in [2.45, 2.75) is 6.92 Å². The van der Waals surface area contributed by atoms with Gasteiger partial charge in [0.25, 0.3) is 5.88 Å². The summed E-state index contributed by atoms with van der Waals surface area (Å²) in [6.07, 6.45) is 0. The fraction of sp³-hybridized carbons (Fsp3) is 0.0833. The number of hydrogen-bond acceptors (Lipinski definition) is 6. The molecule has 2 aromatic heterocycles. The van der Waals surface area contributed by atoms with Crippen molar-refractivity contribution < 1.29 is 18.6 Å². The summed E-state index contributed by atoms with van der Waals surface area (Å²) in [7, 11) is 0. The van der Waals surface area contributed by atoms with Crippen LogP contribution in [0.5, 0.6) is 5.88 Å². The molecule has 0 N–H and O–H groups in total. The van der Waals surface area contributed by atoms with Gasteiger partial charge in [0.2, 0.25) is 0 Å². The fourth-order valence-corrected chi connectivity index (χ4v) is 1.73. The van der Waals surface area contributed by atoms with Crippen LogP contribution in [0.2, 0.25) is 5.02 Å². The molecule has 0 bridgehead atoms. The zero-order valence-electron chi connectivity index (χ0n) is 9.71. The number of ether oxygens (including phenoxy) is 1. The molecule has 0 spiro atoms. The summed E-state index contributed by atoms with van der Waals surface area (Å²) in [5, 5.41) is 8.30. The number of aryl methyl sites for hydroxylation is 1. The molecule has 7 heteroatoms. The summed E-state index contributed by atoms with van der Waals surface area (Å²) in [6.45, 7) is 1.68. The number of hydrogen-bond donors (Lipinski definition) is 0. The molecule has 0 aliphatic rings. The minimum Gasteiger partial charge on any atom is -0.399 e. The first-order valence-corrected chi connectivity index (χ1v) is 5.72. The number of carbonyl (C=O) groups is 1. The highest BCUT2D eigenvalue weighted by atomic mass is 35.5. The Morgan fingerprint density at radius 1 is 1.26 bits per heavy atom. The average Bonchev–Trinajstić information content (AvgIpc) is 2.96. The molecule has 0 saturated carbocycles. The summed E-state index contributed by atoms with van der Waals surface area (Å²) in [6, 6.07) is 6.37. The van der Waals surface area contributed by atoms with Gasteiger partial charge in [0.05, 0.1) is 5.39 Å². The molecule has 0 atom stereocenters. The molecule has 0 fully saturated rings. The summed E-state index contributed by atoms with van der Waals surface area (Å²) < 4.78 is 14.9. The number of esters is 1. The molecule has 6 nitrogen and oxygen atoms in total. The van der Waals surface area contributed by atoms with Gasteiger partial charge in [0, 0.05) is 17.2 Å². The van der Waals surface area contributed by atoms with Gasteiger partial charge in [-0.3, -0.25) is 0 Å². The number of aromatic nitrogens is 2. The molecular formula is C12H7ClN2O4. The Bertz CT molecular complexity index is 762. The van der Waals surface area contributed by atoms with Crippen LogP contribution in [0.1, 0.15) is 16.2 Å². The van der Waals surface area contributed by atoms with E-state index in [1.165, 1.54) is 6.07 Å². The van der Waals surface area contributed by atoms with Crippen LogP contribution in [0.15, 0.2) is 33.3 Å². The van der Waals surface area contributed by atoms with E-state index < -0.39 is 5.97 Å². The van der Waals surface area contributed by atoms with E-state index in [1.807, 2.05) is 0 Å². The third kappa shape index (κ3) is 2.17. The second-order valence-corrected chi connectivity index (χ2v) is 4.28. The quantitative estimate of drug-likeness (QED) is 0.671. The van der Waals surface area contributed by atoms with Crippen LogP contribution in [0.3, 0.4) is 0 Å².